The van der Waals surface area contributed by atoms with Crippen molar-refractivity contribution in [2.75, 3.05) is 5.33 Å². The molecule has 0 N–H and O–H groups in total. The zero-order valence-corrected chi connectivity index (χ0v) is 9.77. The second kappa shape index (κ2) is 4.94. The fraction of sp³-hybridized carbons (Fsp3) is 0.727. The highest BCUT2D eigenvalue weighted by atomic mass is 79.9. The third-order valence-corrected chi connectivity index (χ3v) is 3.35. The zero-order chi connectivity index (χ0) is 9.73. The molecule has 1 aliphatic rings. The molecule has 0 aromatic rings. The number of allylic oxidation sites excluding steroid dienone is 2. The summed E-state index contributed by atoms with van der Waals surface area (Å²) >= 11 is 3.35. The Bertz CT molecular complexity index is 202. The summed E-state index contributed by atoms with van der Waals surface area (Å²) in [4.78, 5) is 11.6. The van der Waals surface area contributed by atoms with Gasteiger partial charge in [0.25, 0.3) is 0 Å². The topological polar surface area (TPSA) is 17.1 Å². The van der Waals surface area contributed by atoms with Crippen LogP contribution in [0, 0.1) is 5.41 Å². The lowest BCUT2D eigenvalue weighted by Gasteiger charge is -2.31. The largest absolute Gasteiger partial charge is 0.299 e. The highest BCUT2D eigenvalue weighted by molar-refractivity contribution is 9.09. The Morgan fingerprint density at radius 2 is 2.00 bits per heavy atom. The van der Waals surface area contributed by atoms with E-state index in [1.807, 2.05) is 0 Å². The fourth-order valence-corrected chi connectivity index (χ4v) is 2.28. The maximum Gasteiger partial charge on any atom is 0.139 e. The first-order valence-corrected chi connectivity index (χ1v) is 6.08. The molecule has 1 rings (SSSR count). The van der Waals surface area contributed by atoms with Gasteiger partial charge in [0.15, 0.2) is 0 Å². The third kappa shape index (κ3) is 2.67. The molecule has 0 radical (unpaired) electrons. The first-order valence-electron chi connectivity index (χ1n) is 4.96. The molecule has 0 aromatic heterocycles. The van der Waals surface area contributed by atoms with Crippen molar-refractivity contribution < 1.29 is 4.79 Å². The average molecular weight is 245 g/mol. The van der Waals surface area contributed by atoms with Crippen LogP contribution in [0.3, 0.4) is 0 Å². The van der Waals surface area contributed by atoms with Crippen molar-refractivity contribution in [2.45, 2.75) is 39.0 Å². The first-order chi connectivity index (χ1) is 6.21. The van der Waals surface area contributed by atoms with Crippen molar-refractivity contribution in [3.8, 4) is 0 Å². The summed E-state index contributed by atoms with van der Waals surface area (Å²) in [6.07, 6.45) is 9.96. The summed E-state index contributed by atoms with van der Waals surface area (Å²) < 4.78 is 0. The van der Waals surface area contributed by atoms with E-state index in [9.17, 15) is 4.79 Å². The Labute approximate surface area is 88.7 Å². The molecule has 0 saturated heterocycles. The molecule has 1 saturated carbocycles. The summed E-state index contributed by atoms with van der Waals surface area (Å²) in [6.45, 7) is 1.73. The van der Waals surface area contributed by atoms with Crippen LogP contribution < -0.4 is 0 Å². The van der Waals surface area contributed by atoms with E-state index in [0.717, 1.165) is 18.2 Å². The van der Waals surface area contributed by atoms with Gasteiger partial charge in [-0.15, -0.1) is 0 Å². The molecular formula is C11H17BrO. The second-order valence-corrected chi connectivity index (χ2v) is 4.48. The van der Waals surface area contributed by atoms with Crippen LogP contribution in [0.15, 0.2) is 12.2 Å². The summed E-state index contributed by atoms with van der Waals surface area (Å²) in [7, 11) is 0. The van der Waals surface area contributed by atoms with Crippen LogP contribution in [0.5, 0.6) is 0 Å². The van der Waals surface area contributed by atoms with E-state index in [1.54, 1.807) is 6.92 Å². The Kier molecular flexibility index (Phi) is 4.17. The van der Waals surface area contributed by atoms with Crippen LogP contribution >= 0.6 is 15.9 Å². The Morgan fingerprint density at radius 3 is 2.46 bits per heavy atom. The average Bonchev–Trinajstić information content (AvgIpc) is 2.16. The molecule has 2 heteroatoms. The monoisotopic (exact) mass is 244 g/mol. The van der Waals surface area contributed by atoms with Gasteiger partial charge in [-0.25, -0.2) is 0 Å². The molecule has 74 valence electrons. The van der Waals surface area contributed by atoms with Crippen LogP contribution in [-0.2, 0) is 4.79 Å². The van der Waals surface area contributed by atoms with Gasteiger partial charge in [0.1, 0.15) is 5.78 Å². The Morgan fingerprint density at radius 1 is 1.38 bits per heavy atom. The Hall–Kier alpha value is -0.110. The minimum Gasteiger partial charge on any atom is -0.299 e. The SMILES string of the molecule is CC(=O)C1(/C=C/CBr)CCCCC1. The van der Waals surface area contributed by atoms with Crippen LogP contribution in [0.1, 0.15) is 39.0 Å². The van der Waals surface area contributed by atoms with Gasteiger partial charge in [0, 0.05) is 10.7 Å². The van der Waals surface area contributed by atoms with Gasteiger partial charge < -0.3 is 0 Å². The third-order valence-electron chi connectivity index (χ3n) is 2.97. The van der Waals surface area contributed by atoms with E-state index < -0.39 is 0 Å². The molecule has 0 spiro atoms. The summed E-state index contributed by atoms with van der Waals surface area (Å²) in [6, 6.07) is 0. The number of halogens is 1. The van der Waals surface area contributed by atoms with Gasteiger partial charge in [-0.05, 0) is 19.8 Å². The molecule has 1 nitrogen and oxygen atoms in total. The predicted molar refractivity (Wildman–Crippen MR) is 59.1 cm³/mol. The lowest BCUT2D eigenvalue weighted by atomic mass is 9.71. The van der Waals surface area contributed by atoms with Gasteiger partial charge in [0.05, 0.1) is 0 Å². The molecule has 0 amide bonds. The van der Waals surface area contributed by atoms with Crippen molar-refractivity contribution in [1.29, 1.82) is 0 Å². The molecular weight excluding hydrogens is 228 g/mol. The highest BCUT2D eigenvalue weighted by Crippen LogP contribution is 2.38. The van der Waals surface area contributed by atoms with E-state index in [1.165, 1.54) is 19.3 Å². The zero-order valence-electron chi connectivity index (χ0n) is 8.18. The first kappa shape index (κ1) is 11.0. The number of hydrogen-bond acceptors (Lipinski definition) is 1. The molecule has 0 aliphatic heterocycles. The number of carbonyl (C=O) groups excluding carboxylic acids is 1. The standard InChI is InChI=1S/C11H17BrO/c1-10(13)11(8-5-9-12)6-3-2-4-7-11/h5,8H,2-4,6-7,9H2,1H3/b8-5+. The molecule has 0 atom stereocenters. The highest BCUT2D eigenvalue weighted by Gasteiger charge is 2.33. The van der Waals surface area contributed by atoms with Gasteiger partial charge in [-0.3, -0.25) is 4.79 Å². The molecule has 0 heterocycles. The van der Waals surface area contributed by atoms with Gasteiger partial charge in [-0.1, -0.05) is 47.3 Å². The summed E-state index contributed by atoms with van der Waals surface area (Å²) in [5.41, 5.74) is -0.119. The molecule has 13 heavy (non-hydrogen) atoms. The quantitative estimate of drug-likeness (QED) is 0.549. The van der Waals surface area contributed by atoms with Crippen molar-refractivity contribution in [2.24, 2.45) is 5.41 Å². The molecule has 1 aliphatic carbocycles. The van der Waals surface area contributed by atoms with E-state index in [4.69, 9.17) is 0 Å². The van der Waals surface area contributed by atoms with E-state index in [2.05, 4.69) is 28.1 Å². The summed E-state index contributed by atoms with van der Waals surface area (Å²) in [5.74, 6) is 0.337. The lowest BCUT2D eigenvalue weighted by molar-refractivity contribution is -0.125. The van der Waals surface area contributed by atoms with Crippen LogP contribution in [0.25, 0.3) is 0 Å². The maximum atomic E-state index is 11.6. The normalized spacial score (nSPS) is 22.0. The molecule has 0 unspecified atom stereocenters. The van der Waals surface area contributed by atoms with E-state index in [-0.39, 0.29) is 5.41 Å². The Balaban J connectivity index is 2.73. The van der Waals surface area contributed by atoms with Crippen LogP contribution in [-0.4, -0.2) is 11.1 Å². The van der Waals surface area contributed by atoms with Crippen molar-refractivity contribution in [3.05, 3.63) is 12.2 Å². The number of rotatable bonds is 3. The van der Waals surface area contributed by atoms with Crippen molar-refractivity contribution >= 4 is 21.7 Å². The van der Waals surface area contributed by atoms with E-state index in [0.29, 0.717) is 5.78 Å². The predicted octanol–water partition coefficient (Wildman–Crippen LogP) is 3.48. The number of alkyl halides is 1. The fourth-order valence-electron chi connectivity index (χ4n) is 2.09. The molecule has 0 aromatic carbocycles. The number of ketones is 1. The van der Waals surface area contributed by atoms with E-state index >= 15 is 0 Å². The number of hydrogen-bond donors (Lipinski definition) is 0. The summed E-state index contributed by atoms with van der Waals surface area (Å²) in [5, 5.41) is 0.849. The lowest BCUT2D eigenvalue weighted by Crippen LogP contribution is -2.29. The van der Waals surface area contributed by atoms with Crippen LogP contribution in [0.2, 0.25) is 0 Å². The van der Waals surface area contributed by atoms with Crippen LogP contribution in [0.4, 0.5) is 0 Å². The molecule has 0 bridgehead atoms. The maximum absolute atomic E-state index is 11.6. The van der Waals surface area contributed by atoms with Gasteiger partial charge >= 0.3 is 0 Å². The second-order valence-electron chi connectivity index (χ2n) is 3.83. The minimum absolute atomic E-state index is 0.119. The van der Waals surface area contributed by atoms with Crippen molar-refractivity contribution in [3.63, 3.8) is 0 Å². The van der Waals surface area contributed by atoms with Crippen molar-refractivity contribution in [1.82, 2.24) is 0 Å². The number of Topliss-reactive ketones (excluding diaryl/α,β-unsaturated/α-hetero) is 1. The molecule has 1 fully saturated rings. The number of carbonyl (C=O) groups is 1. The van der Waals surface area contributed by atoms with Gasteiger partial charge in [0.2, 0.25) is 0 Å². The minimum atomic E-state index is -0.119. The smallest absolute Gasteiger partial charge is 0.139 e. The van der Waals surface area contributed by atoms with Gasteiger partial charge in [-0.2, -0.15) is 0 Å².